The molecule has 65 heavy (non-hydrogen) atoms. The zero-order chi connectivity index (χ0) is 45.0. The maximum atomic E-state index is 14.4. The molecule has 0 saturated carbocycles. The van der Waals surface area contributed by atoms with E-state index in [1.54, 1.807) is 48.8 Å². The van der Waals surface area contributed by atoms with Crippen LogP contribution in [-0.2, 0) is 28.7 Å². The lowest BCUT2D eigenvalue weighted by Crippen LogP contribution is -2.70. The van der Waals surface area contributed by atoms with Gasteiger partial charge in [0.2, 0.25) is 5.91 Å². The fourth-order valence-electron chi connectivity index (χ4n) is 7.75. The van der Waals surface area contributed by atoms with Crippen LogP contribution in [-0.4, -0.2) is 62.8 Å². The number of allylic oxidation sites excluding steroid dienone is 1. The van der Waals surface area contributed by atoms with Crippen LogP contribution in [0.5, 0.6) is 0 Å². The molecule has 12 heteroatoms. The van der Waals surface area contributed by atoms with Gasteiger partial charge in [-0.1, -0.05) is 158 Å². The summed E-state index contributed by atoms with van der Waals surface area (Å²) in [4.78, 5) is 75.0. The van der Waals surface area contributed by atoms with Crippen molar-refractivity contribution in [2.24, 2.45) is 0 Å². The molecule has 0 spiro atoms. The highest BCUT2D eigenvalue weighted by atomic mass is 32.2. The van der Waals surface area contributed by atoms with E-state index in [0.29, 0.717) is 16.9 Å². The number of amides is 3. The van der Waals surface area contributed by atoms with Crippen LogP contribution in [0.4, 0.5) is 0 Å². The van der Waals surface area contributed by atoms with E-state index >= 15 is 0 Å². The molecule has 3 heterocycles. The van der Waals surface area contributed by atoms with Crippen molar-refractivity contribution in [1.82, 2.24) is 20.5 Å². The van der Waals surface area contributed by atoms with Gasteiger partial charge in [-0.15, -0.1) is 11.8 Å². The molecular weight excluding hydrogens is 837 g/mol. The molecule has 6 aromatic rings. The van der Waals surface area contributed by atoms with E-state index in [-0.39, 0.29) is 25.0 Å². The van der Waals surface area contributed by atoms with Crippen molar-refractivity contribution in [3.05, 3.63) is 227 Å². The standard InChI is InChI=1S/C53H46N4O7S/c58-44(30-16-29-43(55-49(59)41-27-14-5-15-28-41)52(61)63-47(37-19-6-1-7-20-37)38-21-8-2-9-22-38)56-45-50(60)57-46(42(35-65-51(45)57)32-31-36-18-17-33-54-34-36)53(62)64-48(39-23-10-3-11-24-39)40-25-12-4-13-26-40/h1-15,17-28,31-34,43,45,47-48,51H,16,29-30,35H2,(H,55,59)(H,56,58)/t43?,45?,51-/m0/s1. The maximum absolute atomic E-state index is 14.4. The molecule has 2 aliphatic rings. The Labute approximate surface area is 381 Å². The van der Waals surface area contributed by atoms with Crippen LogP contribution in [0.2, 0.25) is 0 Å². The van der Waals surface area contributed by atoms with Crippen molar-refractivity contribution in [3.8, 4) is 0 Å². The van der Waals surface area contributed by atoms with E-state index in [2.05, 4.69) is 15.6 Å². The maximum Gasteiger partial charge on any atom is 0.356 e. The summed E-state index contributed by atoms with van der Waals surface area (Å²) in [6.07, 6.45) is 5.74. The first-order chi connectivity index (χ1) is 31.8. The number of carbonyl (C=O) groups excluding carboxylic acids is 5. The van der Waals surface area contributed by atoms with Crippen molar-refractivity contribution in [2.45, 2.75) is 48.9 Å². The van der Waals surface area contributed by atoms with Crippen LogP contribution in [0.3, 0.4) is 0 Å². The summed E-state index contributed by atoms with van der Waals surface area (Å²) in [6.45, 7) is 0. The van der Waals surface area contributed by atoms with Gasteiger partial charge in [0.1, 0.15) is 23.2 Å². The number of hydrogen-bond acceptors (Lipinski definition) is 9. The predicted molar refractivity (Wildman–Crippen MR) is 249 cm³/mol. The van der Waals surface area contributed by atoms with Gasteiger partial charge in [0, 0.05) is 30.1 Å². The number of nitrogens with zero attached hydrogens (tertiary/aromatic N) is 2. The number of benzene rings is 5. The van der Waals surface area contributed by atoms with E-state index < -0.39 is 59.3 Å². The summed E-state index contributed by atoms with van der Waals surface area (Å²) in [7, 11) is 0. The molecule has 5 aromatic carbocycles. The summed E-state index contributed by atoms with van der Waals surface area (Å²) in [5.41, 5.74) is 4.94. The molecule has 0 bridgehead atoms. The average Bonchev–Trinajstić information content (AvgIpc) is 3.36. The molecular formula is C53H46N4O7S. The lowest BCUT2D eigenvalue weighted by molar-refractivity contribution is -0.154. The number of hydrogen-bond donors (Lipinski definition) is 2. The Morgan fingerprint density at radius 2 is 1.23 bits per heavy atom. The van der Waals surface area contributed by atoms with Crippen LogP contribution >= 0.6 is 11.8 Å². The Morgan fingerprint density at radius 1 is 0.692 bits per heavy atom. The monoisotopic (exact) mass is 882 g/mol. The van der Waals surface area contributed by atoms with Gasteiger partial charge in [0.05, 0.1) is 0 Å². The molecule has 8 rings (SSSR count). The molecule has 0 aliphatic carbocycles. The predicted octanol–water partition coefficient (Wildman–Crippen LogP) is 8.38. The third kappa shape index (κ3) is 10.8. The van der Waals surface area contributed by atoms with E-state index in [1.807, 2.05) is 140 Å². The lowest BCUT2D eigenvalue weighted by atomic mass is 10.00. The van der Waals surface area contributed by atoms with Gasteiger partial charge in [0.25, 0.3) is 11.8 Å². The van der Waals surface area contributed by atoms with Gasteiger partial charge in [-0.25, -0.2) is 9.59 Å². The summed E-state index contributed by atoms with van der Waals surface area (Å²) < 4.78 is 12.4. The topological polar surface area (TPSA) is 144 Å². The first kappa shape index (κ1) is 44.1. The smallest absolute Gasteiger partial charge is 0.356 e. The normalized spacial score (nSPS) is 16.1. The number of β-lactam (4-membered cyclic amide) rings is 1. The van der Waals surface area contributed by atoms with Gasteiger partial charge in [-0.2, -0.15) is 0 Å². The van der Waals surface area contributed by atoms with Crippen LogP contribution in [0.1, 0.15) is 69.6 Å². The van der Waals surface area contributed by atoms with E-state index in [9.17, 15) is 24.0 Å². The number of thioether (sulfide) groups is 1. The van der Waals surface area contributed by atoms with Crippen LogP contribution in [0, 0.1) is 0 Å². The second-order valence-corrected chi connectivity index (χ2v) is 16.6. The van der Waals surface area contributed by atoms with Crippen molar-refractivity contribution in [2.75, 3.05) is 5.75 Å². The van der Waals surface area contributed by atoms with E-state index in [4.69, 9.17) is 9.47 Å². The van der Waals surface area contributed by atoms with E-state index in [0.717, 1.165) is 27.8 Å². The Bertz CT molecular complexity index is 2570. The second-order valence-electron chi connectivity index (χ2n) is 15.5. The van der Waals surface area contributed by atoms with Crippen molar-refractivity contribution < 1.29 is 33.4 Å². The largest absolute Gasteiger partial charge is 0.451 e. The van der Waals surface area contributed by atoms with Gasteiger partial charge in [-0.3, -0.25) is 24.3 Å². The number of fused-ring (bicyclic) bond motifs is 1. The van der Waals surface area contributed by atoms with Gasteiger partial charge < -0.3 is 20.1 Å². The van der Waals surface area contributed by atoms with Crippen molar-refractivity contribution in [1.29, 1.82) is 0 Å². The SMILES string of the molecule is O=C(CCCC(NC(=O)c1ccccc1)C(=O)OC(c1ccccc1)c1ccccc1)NC1C(=O)N2C(C(=O)OC(c3ccccc3)c3ccccc3)=C(C=Cc3cccnc3)CS[C@@H]12. The summed E-state index contributed by atoms with van der Waals surface area (Å²) >= 11 is 1.43. The number of rotatable bonds is 17. The zero-order valence-electron chi connectivity index (χ0n) is 35.3. The first-order valence-corrected chi connectivity index (χ1v) is 22.4. The van der Waals surface area contributed by atoms with Crippen molar-refractivity contribution in [3.63, 3.8) is 0 Å². The molecule has 2 aliphatic heterocycles. The summed E-state index contributed by atoms with van der Waals surface area (Å²) in [5.74, 6) is -2.29. The first-order valence-electron chi connectivity index (χ1n) is 21.4. The molecule has 3 amide bonds. The number of esters is 2. The molecule has 2 unspecified atom stereocenters. The molecule has 2 N–H and O–H groups in total. The minimum atomic E-state index is -1.09. The van der Waals surface area contributed by atoms with Gasteiger partial charge >= 0.3 is 11.9 Å². The third-order valence-corrected chi connectivity index (χ3v) is 12.4. The Kier molecular flexibility index (Phi) is 14.4. The minimum Gasteiger partial charge on any atom is -0.451 e. The van der Waals surface area contributed by atoms with Crippen LogP contribution in [0.25, 0.3) is 6.08 Å². The number of ether oxygens (including phenoxy) is 2. The Balaban J connectivity index is 0.967. The number of pyridine rings is 1. The highest BCUT2D eigenvalue weighted by Gasteiger charge is 2.54. The van der Waals surface area contributed by atoms with Gasteiger partial charge in [-0.05, 0) is 64.4 Å². The fraction of sp³-hybridized carbons (Fsp3) is 0.170. The highest BCUT2D eigenvalue weighted by molar-refractivity contribution is 8.00. The average molecular weight is 883 g/mol. The molecule has 1 aromatic heterocycles. The quantitative estimate of drug-likeness (QED) is 0.0682. The number of carbonyl (C=O) groups is 5. The second kappa shape index (κ2) is 21.2. The van der Waals surface area contributed by atoms with Crippen LogP contribution < -0.4 is 10.6 Å². The summed E-state index contributed by atoms with van der Waals surface area (Å²) in [6, 6.07) is 47.7. The molecule has 11 nitrogen and oxygen atoms in total. The van der Waals surface area contributed by atoms with Crippen LogP contribution in [0.15, 0.2) is 194 Å². The molecule has 1 saturated heterocycles. The van der Waals surface area contributed by atoms with Gasteiger partial charge in [0.15, 0.2) is 12.2 Å². The fourth-order valence-corrected chi connectivity index (χ4v) is 9.07. The Hall–Kier alpha value is -7.57. The zero-order valence-corrected chi connectivity index (χ0v) is 36.1. The molecule has 326 valence electrons. The highest BCUT2D eigenvalue weighted by Crippen LogP contribution is 2.42. The van der Waals surface area contributed by atoms with Crippen molar-refractivity contribution >= 4 is 47.5 Å². The minimum absolute atomic E-state index is 0.0490. The summed E-state index contributed by atoms with van der Waals surface area (Å²) in [5, 5.41) is 5.14. The Morgan fingerprint density at radius 3 is 1.77 bits per heavy atom. The lowest BCUT2D eigenvalue weighted by Gasteiger charge is -2.49. The number of nitrogens with one attached hydrogen (secondary N) is 2. The third-order valence-electron chi connectivity index (χ3n) is 11.1. The molecule has 0 radical (unpaired) electrons. The number of aromatic nitrogens is 1. The molecule has 3 atom stereocenters. The molecule has 1 fully saturated rings. The van der Waals surface area contributed by atoms with E-state index in [1.165, 1.54) is 16.7 Å².